The van der Waals surface area contributed by atoms with Crippen molar-refractivity contribution >= 4 is 22.6 Å². The third-order valence-corrected chi connectivity index (χ3v) is 5.44. The Labute approximate surface area is 132 Å². The summed E-state index contributed by atoms with van der Waals surface area (Å²) in [7, 11) is 0. The highest BCUT2D eigenvalue weighted by molar-refractivity contribution is 6.20. The molecule has 4 unspecified atom stereocenters. The summed E-state index contributed by atoms with van der Waals surface area (Å²) in [5.41, 5.74) is 3.61. The third-order valence-electron chi connectivity index (χ3n) is 5.24. The first-order valence-corrected chi connectivity index (χ1v) is 8.54. The number of aromatic nitrogens is 2. The molecule has 2 aromatic rings. The molecule has 3 rings (SSSR count). The first-order chi connectivity index (χ1) is 9.99. The lowest BCUT2D eigenvalue weighted by atomic mass is 9.79. The molecule has 1 aliphatic rings. The summed E-state index contributed by atoms with van der Waals surface area (Å²) >= 11 is 6.43. The molecule has 1 saturated carbocycles. The fraction of sp³-hybridized carbons (Fsp3) is 0.611. The summed E-state index contributed by atoms with van der Waals surface area (Å²) in [6, 6.07) is 7.00. The van der Waals surface area contributed by atoms with Crippen LogP contribution in [0.4, 0.5) is 0 Å². The Morgan fingerprint density at radius 1 is 1.24 bits per heavy atom. The van der Waals surface area contributed by atoms with Crippen molar-refractivity contribution in [1.82, 2.24) is 9.55 Å². The van der Waals surface area contributed by atoms with Gasteiger partial charge in [-0.3, -0.25) is 0 Å². The number of benzene rings is 1. The molecule has 114 valence electrons. The smallest absolute Gasteiger partial charge is 0.127 e. The number of nitrogens with zero attached hydrogens (tertiary/aromatic N) is 2. The van der Waals surface area contributed by atoms with E-state index in [9.17, 15) is 0 Å². The number of halogens is 1. The maximum Gasteiger partial charge on any atom is 0.127 e. The monoisotopic (exact) mass is 304 g/mol. The van der Waals surface area contributed by atoms with Gasteiger partial charge in [0, 0.05) is 6.04 Å². The zero-order valence-electron chi connectivity index (χ0n) is 13.4. The van der Waals surface area contributed by atoms with Gasteiger partial charge in [0.25, 0.3) is 0 Å². The Kier molecular flexibility index (Phi) is 4.00. The van der Waals surface area contributed by atoms with Crippen LogP contribution in [0.5, 0.6) is 0 Å². The van der Waals surface area contributed by atoms with Gasteiger partial charge >= 0.3 is 0 Å². The molecule has 1 heterocycles. The van der Waals surface area contributed by atoms with Crippen molar-refractivity contribution in [2.75, 3.05) is 0 Å². The highest BCUT2D eigenvalue weighted by atomic mass is 35.5. The van der Waals surface area contributed by atoms with Crippen LogP contribution in [-0.2, 0) is 0 Å². The summed E-state index contributed by atoms with van der Waals surface area (Å²) in [6.45, 7) is 8.92. The van der Waals surface area contributed by atoms with Crippen molar-refractivity contribution in [1.29, 1.82) is 0 Å². The number of fused-ring (bicyclic) bond motifs is 1. The average molecular weight is 305 g/mol. The van der Waals surface area contributed by atoms with Gasteiger partial charge in [-0.1, -0.05) is 26.0 Å². The van der Waals surface area contributed by atoms with Crippen LogP contribution in [0.3, 0.4) is 0 Å². The molecule has 0 N–H and O–H groups in total. The molecule has 0 amide bonds. The number of hydrogen-bond acceptors (Lipinski definition) is 1. The second kappa shape index (κ2) is 5.64. The zero-order chi connectivity index (χ0) is 15.1. The summed E-state index contributed by atoms with van der Waals surface area (Å²) in [5.74, 6) is 2.63. The van der Waals surface area contributed by atoms with Gasteiger partial charge in [0.15, 0.2) is 0 Å². The van der Waals surface area contributed by atoms with E-state index in [1.165, 1.54) is 30.3 Å². The molecule has 4 atom stereocenters. The molecule has 1 aromatic heterocycles. The summed E-state index contributed by atoms with van der Waals surface area (Å²) in [5, 5.41) is -0.0496. The minimum absolute atomic E-state index is 0.0496. The first kappa shape index (κ1) is 14.9. The quantitative estimate of drug-likeness (QED) is 0.656. The van der Waals surface area contributed by atoms with Crippen molar-refractivity contribution in [2.24, 2.45) is 11.8 Å². The van der Waals surface area contributed by atoms with Crippen molar-refractivity contribution in [3.8, 4) is 0 Å². The minimum atomic E-state index is -0.0496. The molecule has 0 spiro atoms. The largest absolute Gasteiger partial charge is 0.324 e. The molecule has 2 nitrogen and oxygen atoms in total. The van der Waals surface area contributed by atoms with Crippen LogP contribution in [-0.4, -0.2) is 9.55 Å². The maximum absolute atomic E-state index is 6.43. The number of alkyl halides is 1. The van der Waals surface area contributed by atoms with Crippen LogP contribution >= 0.6 is 11.6 Å². The molecule has 21 heavy (non-hydrogen) atoms. The van der Waals surface area contributed by atoms with Gasteiger partial charge < -0.3 is 4.57 Å². The van der Waals surface area contributed by atoms with Crippen LogP contribution in [0.2, 0.25) is 0 Å². The van der Waals surface area contributed by atoms with E-state index < -0.39 is 0 Å². The first-order valence-electron chi connectivity index (χ1n) is 8.10. The normalized spacial score (nSPS) is 28.0. The van der Waals surface area contributed by atoms with E-state index >= 15 is 0 Å². The predicted octanol–water partition coefficient (Wildman–Crippen LogP) is 5.64. The average Bonchev–Trinajstić information content (AvgIpc) is 2.83. The van der Waals surface area contributed by atoms with Gasteiger partial charge in [-0.15, -0.1) is 11.6 Å². The van der Waals surface area contributed by atoms with E-state index in [4.69, 9.17) is 16.6 Å². The SMILES string of the molecule is Cc1cccc2c1nc(C(C)Cl)n2C1CCC(C)C(C)C1. The second-order valence-corrected chi connectivity index (χ2v) is 7.47. The van der Waals surface area contributed by atoms with E-state index in [1.807, 2.05) is 6.92 Å². The van der Waals surface area contributed by atoms with E-state index in [2.05, 4.69) is 43.5 Å². The Bertz CT molecular complexity index is 644. The standard InChI is InChI=1S/C18H25ClN2/c1-11-8-9-15(10-13(11)3)21-16-7-5-6-12(2)17(16)20-18(21)14(4)19/h5-7,11,13-15H,8-10H2,1-4H3. The van der Waals surface area contributed by atoms with Crippen LogP contribution in [0.15, 0.2) is 18.2 Å². The Morgan fingerprint density at radius 2 is 2.00 bits per heavy atom. The lowest BCUT2D eigenvalue weighted by molar-refractivity contribution is 0.211. The van der Waals surface area contributed by atoms with Gasteiger partial charge in [0.2, 0.25) is 0 Å². The number of rotatable bonds is 2. The van der Waals surface area contributed by atoms with Gasteiger partial charge in [0.1, 0.15) is 5.82 Å². The van der Waals surface area contributed by atoms with Crippen molar-refractivity contribution in [2.45, 2.75) is 58.4 Å². The molecule has 3 heteroatoms. The molecule has 0 saturated heterocycles. The van der Waals surface area contributed by atoms with Crippen molar-refractivity contribution in [3.05, 3.63) is 29.6 Å². The van der Waals surface area contributed by atoms with Crippen LogP contribution in [0.25, 0.3) is 11.0 Å². The minimum Gasteiger partial charge on any atom is -0.324 e. The summed E-state index contributed by atoms with van der Waals surface area (Å²) < 4.78 is 2.43. The lowest BCUT2D eigenvalue weighted by Crippen LogP contribution is -2.24. The maximum atomic E-state index is 6.43. The Hall–Kier alpha value is -1.02. The van der Waals surface area contributed by atoms with E-state index in [1.54, 1.807) is 0 Å². The van der Waals surface area contributed by atoms with Gasteiger partial charge in [-0.25, -0.2) is 4.98 Å². The topological polar surface area (TPSA) is 17.8 Å². The number of imidazole rings is 1. The molecular weight excluding hydrogens is 280 g/mol. The van der Waals surface area contributed by atoms with Gasteiger partial charge in [0.05, 0.1) is 16.4 Å². The molecule has 1 aromatic carbocycles. The fourth-order valence-electron chi connectivity index (χ4n) is 3.69. The number of hydrogen-bond donors (Lipinski definition) is 0. The van der Waals surface area contributed by atoms with Crippen LogP contribution < -0.4 is 0 Å². The third kappa shape index (κ3) is 2.59. The van der Waals surface area contributed by atoms with E-state index in [0.29, 0.717) is 6.04 Å². The molecule has 0 radical (unpaired) electrons. The van der Waals surface area contributed by atoms with Gasteiger partial charge in [-0.2, -0.15) is 0 Å². The van der Waals surface area contributed by atoms with Gasteiger partial charge in [-0.05, 0) is 56.6 Å². The summed E-state index contributed by atoms with van der Waals surface area (Å²) in [6.07, 6.45) is 3.77. The van der Waals surface area contributed by atoms with E-state index in [-0.39, 0.29) is 5.38 Å². The second-order valence-electron chi connectivity index (χ2n) is 6.82. The number of para-hydroxylation sites is 1. The molecule has 0 aliphatic heterocycles. The molecule has 0 bridgehead atoms. The van der Waals surface area contributed by atoms with E-state index in [0.717, 1.165) is 23.2 Å². The highest BCUT2D eigenvalue weighted by Gasteiger charge is 2.29. The van der Waals surface area contributed by atoms with Crippen LogP contribution in [0, 0.1) is 18.8 Å². The predicted molar refractivity (Wildman–Crippen MR) is 90.0 cm³/mol. The molecule has 1 fully saturated rings. The van der Waals surface area contributed by atoms with Crippen LogP contribution in [0.1, 0.15) is 62.8 Å². The lowest BCUT2D eigenvalue weighted by Gasteiger charge is -2.34. The molecular formula is C18H25ClN2. The Morgan fingerprint density at radius 3 is 2.67 bits per heavy atom. The van der Waals surface area contributed by atoms with Crippen molar-refractivity contribution in [3.63, 3.8) is 0 Å². The van der Waals surface area contributed by atoms with Crippen molar-refractivity contribution < 1.29 is 0 Å². The fourth-order valence-corrected chi connectivity index (χ4v) is 3.85. The number of aryl methyl sites for hydroxylation is 1. The molecule has 1 aliphatic carbocycles. The zero-order valence-corrected chi connectivity index (χ0v) is 14.2. The summed E-state index contributed by atoms with van der Waals surface area (Å²) in [4.78, 5) is 4.86. The Balaban J connectivity index is 2.12. The highest BCUT2D eigenvalue weighted by Crippen LogP contribution is 2.40.